The van der Waals surface area contributed by atoms with Crippen LogP contribution in [0.2, 0.25) is 0 Å². The lowest BCUT2D eigenvalue weighted by Crippen LogP contribution is -2.33. The molecule has 0 saturated heterocycles. The number of hydrogen-bond acceptors (Lipinski definition) is 4. The fraction of sp³-hybridized carbons (Fsp3) is 0.318. The van der Waals surface area contributed by atoms with Gasteiger partial charge in [-0.3, -0.25) is 9.88 Å². The third-order valence-electron chi connectivity index (χ3n) is 4.95. The fourth-order valence-corrected chi connectivity index (χ4v) is 3.12. The molecule has 3 rings (SSSR count). The second kappa shape index (κ2) is 9.30. The third kappa shape index (κ3) is 5.91. The van der Waals surface area contributed by atoms with E-state index in [4.69, 9.17) is 5.11 Å². The normalized spacial score (nSPS) is 12.0. The predicted molar refractivity (Wildman–Crippen MR) is 109 cm³/mol. The lowest BCUT2D eigenvalue weighted by Gasteiger charge is -2.26. The van der Waals surface area contributed by atoms with Gasteiger partial charge in [-0.2, -0.15) is 13.2 Å². The van der Waals surface area contributed by atoms with Crippen molar-refractivity contribution in [2.75, 3.05) is 6.54 Å². The lowest BCUT2D eigenvalue weighted by molar-refractivity contribution is -0.137. The summed E-state index contributed by atoms with van der Waals surface area (Å²) in [7, 11) is 0. The van der Waals surface area contributed by atoms with Crippen LogP contribution >= 0.6 is 0 Å². The van der Waals surface area contributed by atoms with E-state index in [0.717, 1.165) is 17.7 Å². The number of aromatic nitrogens is 3. The third-order valence-corrected chi connectivity index (χ3v) is 4.95. The Balaban J connectivity index is 1.65. The van der Waals surface area contributed by atoms with Crippen LogP contribution in [0.4, 0.5) is 13.2 Å². The summed E-state index contributed by atoms with van der Waals surface area (Å²) >= 11 is 0. The zero-order valence-electron chi connectivity index (χ0n) is 17.2. The SMILES string of the molecule is CC(C)N(CCn1cnc(-c2cc(C(=O)O)ccn2)c1)Cc1ccc(C(F)(F)F)cc1. The van der Waals surface area contributed by atoms with Crippen LogP contribution < -0.4 is 0 Å². The molecule has 0 aliphatic rings. The molecule has 0 bridgehead atoms. The molecule has 0 spiro atoms. The van der Waals surface area contributed by atoms with Gasteiger partial charge in [0.25, 0.3) is 0 Å². The number of nitrogens with zero attached hydrogens (tertiary/aromatic N) is 4. The molecule has 2 aromatic heterocycles. The first-order valence-electron chi connectivity index (χ1n) is 9.75. The van der Waals surface area contributed by atoms with E-state index in [1.165, 1.54) is 30.5 Å². The van der Waals surface area contributed by atoms with Gasteiger partial charge < -0.3 is 9.67 Å². The highest BCUT2D eigenvalue weighted by Crippen LogP contribution is 2.29. The summed E-state index contributed by atoms with van der Waals surface area (Å²) < 4.78 is 40.1. The molecule has 1 N–H and O–H groups in total. The van der Waals surface area contributed by atoms with E-state index in [9.17, 15) is 18.0 Å². The van der Waals surface area contributed by atoms with Gasteiger partial charge in [0.2, 0.25) is 0 Å². The number of carboxylic acids is 1. The van der Waals surface area contributed by atoms with Gasteiger partial charge in [0, 0.05) is 38.1 Å². The number of alkyl halides is 3. The van der Waals surface area contributed by atoms with E-state index in [2.05, 4.69) is 14.9 Å². The van der Waals surface area contributed by atoms with Crippen molar-refractivity contribution in [3.63, 3.8) is 0 Å². The summed E-state index contributed by atoms with van der Waals surface area (Å²) in [4.78, 5) is 21.8. The number of hydrogen-bond donors (Lipinski definition) is 1. The minimum absolute atomic E-state index is 0.141. The molecule has 6 nitrogen and oxygen atoms in total. The molecule has 31 heavy (non-hydrogen) atoms. The highest BCUT2D eigenvalue weighted by Gasteiger charge is 2.30. The second-order valence-electron chi connectivity index (χ2n) is 7.49. The maximum atomic E-state index is 12.8. The molecule has 9 heteroatoms. The molecule has 0 unspecified atom stereocenters. The molecular formula is C22H23F3N4O2. The number of carbonyl (C=O) groups is 1. The average Bonchev–Trinajstić information content (AvgIpc) is 3.19. The minimum Gasteiger partial charge on any atom is -0.478 e. The summed E-state index contributed by atoms with van der Waals surface area (Å²) in [6, 6.07) is 8.32. The van der Waals surface area contributed by atoms with Crippen LogP contribution in [0.15, 0.2) is 55.1 Å². The van der Waals surface area contributed by atoms with Gasteiger partial charge in [-0.15, -0.1) is 0 Å². The Morgan fingerprint density at radius 1 is 1.13 bits per heavy atom. The molecular weight excluding hydrogens is 409 g/mol. The molecule has 0 aliphatic heterocycles. The van der Waals surface area contributed by atoms with Crippen molar-refractivity contribution in [1.29, 1.82) is 0 Å². The molecule has 0 radical (unpaired) electrons. The number of halogens is 3. The highest BCUT2D eigenvalue weighted by atomic mass is 19.4. The van der Waals surface area contributed by atoms with Crippen molar-refractivity contribution in [1.82, 2.24) is 19.4 Å². The van der Waals surface area contributed by atoms with E-state index < -0.39 is 17.7 Å². The first-order valence-corrected chi connectivity index (χ1v) is 9.75. The van der Waals surface area contributed by atoms with Crippen LogP contribution in [-0.4, -0.2) is 43.1 Å². The Bertz CT molecular complexity index is 1030. The van der Waals surface area contributed by atoms with Gasteiger partial charge in [-0.1, -0.05) is 12.1 Å². The highest BCUT2D eigenvalue weighted by molar-refractivity contribution is 5.88. The Kier molecular flexibility index (Phi) is 6.74. The van der Waals surface area contributed by atoms with E-state index in [1.807, 2.05) is 18.4 Å². The maximum Gasteiger partial charge on any atom is 0.416 e. The number of aromatic carboxylic acids is 1. The van der Waals surface area contributed by atoms with Gasteiger partial charge in [-0.05, 0) is 43.7 Å². The van der Waals surface area contributed by atoms with Crippen LogP contribution in [0.5, 0.6) is 0 Å². The maximum absolute atomic E-state index is 12.8. The van der Waals surface area contributed by atoms with Crippen LogP contribution in [0.3, 0.4) is 0 Å². The molecule has 0 saturated carbocycles. The monoisotopic (exact) mass is 432 g/mol. The zero-order chi connectivity index (χ0) is 22.6. The fourth-order valence-electron chi connectivity index (χ4n) is 3.12. The Morgan fingerprint density at radius 2 is 1.84 bits per heavy atom. The van der Waals surface area contributed by atoms with Crippen LogP contribution in [0.1, 0.15) is 35.3 Å². The first kappa shape index (κ1) is 22.5. The van der Waals surface area contributed by atoms with Crippen LogP contribution in [0, 0.1) is 0 Å². The summed E-state index contributed by atoms with van der Waals surface area (Å²) in [6.07, 6.45) is 0.544. The largest absolute Gasteiger partial charge is 0.478 e. The van der Waals surface area contributed by atoms with Crippen LogP contribution in [0.25, 0.3) is 11.4 Å². The predicted octanol–water partition coefficient (Wildman–Crippen LogP) is 4.57. The van der Waals surface area contributed by atoms with Gasteiger partial charge >= 0.3 is 12.1 Å². The number of imidazole rings is 1. The number of pyridine rings is 1. The topological polar surface area (TPSA) is 71.2 Å². The zero-order valence-corrected chi connectivity index (χ0v) is 17.2. The smallest absolute Gasteiger partial charge is 0.416 e. The van der Waals surface area contributed by atoms with Crippen molar-refractivity contribution < 1.29 is 23.1 Å². The van der Waals surface area contributed by atoms with Crippen LogP contribution in [-0.2, 0) is 19.3 Å². The second-order valence-corrected chi connectivity index (χ2v) is 7.49. The first-order chi connectivity index (χ1) is 14.6. The Morgan fingerprint density at radius 3 is 2.45 bits per heavy atom. The van der Waals surface area contributed by atoms with Gasteiger partial charge in [0.1, 0.15) is 5.69 Å². The summed E-state index contributed by atoms with van der Waals surface area (Å²) in [6.45, 7) is 5.87. The van der Waals surface area contributed by atoms with Crippen molar-refractivity contribution in [2.45, 2.75) is 39.2 Å². The van der Waals surface area contributed by atoms with E-state index >= 15 is 0 Å². The Hall–Kier alpha value is -3.20. The average molecular weight is 432 g/mol. The van der Waals surface area contributed by atoms with E-state index in [1.54, 1.807) is 12.5 Å². The lowest BCUT2D eigenvalue weighted by atomic mass is 10.1. The summed E-state index contributed by atoms with van der Waals surface area (Å²) in [5.74, 6) is -1.03. The van der Waals surface area contributed by atoms with Crippen molar-refractivity contribution in [2.24, 2.45) is 0 Å². The van der Waals surface area contributed by atoms with Gasteiger partial charge in [0.05, 0.1) is 23.1 Å². The summed E-state index contributed by atoms with van der Waals surface area (Å²) in [5, 5.41) is 9.12. The molecule has 0 atom stereocenters. The van der Waals surface area contributed by atoms with Gasteiger partial charge in [0.15, 0.2) is 0 Å². The molecule has 1 aromatic carbocycles. The molecule has 2 heterocycles. The van der Waals surface area contributed by atoms with Crippen molar-refractivity contribution >= 4 is 5.97 Å². The molecule has 0 amide bonds. The number of benzene rings is 1. The molecule has 164 valence electrons. The van der Waals surface area contributed by atoms with E-state index in [0.29, 0.717) is 31.0 Å². The van der Waals surface area contributed by atoms with E-state index in [-0.39, 0.29) is 11.6 Å². The van der Waals surface area contributed by atoms with Crippen molar-refractivity contribution in [3.8, 4) is 11.4 Å². The van der Waals surface area contributed by atoms with Gasteiger partial charge in [-0.25, -0.2) is 9.78 Å². The minimum atomic E-state index is -4.34. The molecule has 0 fully saturated rings. The molecule has 3 aromatic rings. The Labute approximate surface area is 178 Å². The quantitative estimate of drug-likeness (QED) is 0.565. The number of carboxylic acid groups (broad SMARTS) is 1. The molecule has 0 aliphatic carbocycles. The number of rotatable bonds is 8. The standard InChI is InChI=1S/C22H23F3N4O2/c1-15(2)29(12-16-3-5-18(6-4-16)22(23,24)25)10-9-28-13-20(27-14-28)19-11-17(21(30)31)7-8-26-19/h3-8,11,13-15H,9-10,12H2,1-2H3,(H,30,31). The van der Waals surface area contributed by atoms with Crippen molar-refractivity contribution in [3.05, 3.63) is 71.8 Å². The summed E-state index contributed by atoms with van der Waals surface area (Å²) in [5.41, 5.74) is 1.34.